The molecule has 0 atom stereocenters. The van der Waals surface area contributed by atoms with Crippen molar-refractivity contribution in [1.29, 1.82) is 0 Å². The van der Waals surface area contributed by atoms with Crippen LogP contribution in [0.4, 0.5) is 0 Å². The zero-order valence-corrected chi connectivity index (χ0v) is 6.77. The monoisotopic (exact) mass is 190 g/mol. The van der Waals surface area contributed by atoms with E-state index in [4.69, 9.17) is 15.3 Å². The van der Waals surface area contributed by atoms with Crippen LogP contribution in [-0.4, -0.2) is 34.1 Å². The molecule has 0 heterocycles. The molecule has 6 heteroatoms. The van der Waals surface area contributed by atoms with Crippen molar-refractivity contribution in [3.05, 3.63) is 25.0 Å². The van der Waals surface area contributed by atoms with Crippen molar-refractivity contribution >= 4 is 11.9 Å². The molecule has 0 aliphatic heterocycles. The van der Waals surface area contributed by atoms with Gasteiger partial charge >= 0.3 is 11.9 Å². The molecule has 0 radical (unpaired) electrons. The van der Waals surface area contributed by atoms with Gasteiger partial charge in [0.1, 0.15) is 0 Å². The average molecular weight is 190 g/mol. The lowest BCUT2D eigenvalue weighted by molar-refractivity contribution is -0.150. The third kappa shape index (κ3) is 13.2. The number of carboxylic acids is 1. The molecule has 0 aromatic heterocycles. The molecule has 74 valence electrons. The molecule has 0 aliphatic rings. The van der Waals surface area contributed by atoms with Gasteiger partial charge in [-0.1, -0.05) is 6.58 Å². The Hall–Kier alpha value is -1.82. The van der Waals surface area contributed by atoms with Crippen LogP contribution < -0.4 is 0 Å². The molecule has 0 aromatic rings. The highest BCUT2D eigenvalue weighted by molar-refractivity contribution is 5.84. The summed E-state index contributed by atoms with van der Waals surface area (Å²) >= 11 is 0. The van der Waals surface area contributed by atoms with E-state index in [-0.39, 0.29) is 0 Å². The Kier molecular flexibility index (Phi) is 8.75. The SMILES string of the molecule is C=C(O)C(=O)OCO.C=CC(=O)O. The van der Waals surface area contributed by atoms with E-state index in [1.54, 1.807) is 0 Å². The van der Waals surface area contributed by atoms with Crippen LogP contribution in [0.2, 0.25) is 0 Å². The molecule has 0 unspecified atom stereocenters. The number of aliphatic hydroxyl groups excluding tert-OH is 2. The zero-order chi connectivity index (χ0) is 10.9. The van der Waals surface area contributed by atoms with Crippen LogP contribution in [0.15, 0.2) is 25.0 Å². The summed E-state index contributed by atoms with van der Waals surface area (Å²) < 4.78 is 3.87. The van der Waals surface area contributed by atoms with Crippen LogP contribution in [0.3, 0.4) is 0 Å². The Bertz CT molecular complexity index is 207. The third-order valence-corrected chi connectivity index (χ3v) is 0.606. The van der Waals surface area contributed by atoms with E-state index in [9.17, 15) is 9.59 Å². The quantitative estimate of drug-likeness (QED) is 0.246. The number of ether oxygens (including phenoxy) is 1. The van der Waals surface area contributed by atoms with Crippen LogP contribution in [0.1, 0.15) is 0 Å². The van der Waals surface area contributed by atoms with Gasteiger partial charge in [0.25, 0.3) is 0 Å². The number of aliphatic hydroxyl groups is 2. The van der Waals surface area contributed by atoms with E-state index in [1.165, 1.54) is 0 Å². The molecule has 0 bridgehead atoms. The smallest absolute Gasteiger partial charge is 0.374 e. The van der Waals surface area contributed by atoms with Gasteiger partial charge in [-0.2, -0.15) is 0 Å². The Morgan fingerprint density at radius 1 is 1.38 bits per heavy atom. The molecule has 0 spiro atoms. The van der Waals surface area contributed by atoms with Crippen LogP contribution in [-0.2, 0) is 14.3 Å². The summed E-state index contributed by atoms with van der Waals surface area (Å²) in [5.41, 5.74) is 0. The largest absolute Gasteiger partial charge is 0.502 e. The molecular weight excluding hydrogens is 180 g/mol. The van der Waals surface area contributed by atoms with Crippen LogP contribution >= 0.6 is 0 Å². The van der Waals surface area contributed by atoms with Crippen LogP contribution in [0, 0.1) is 0 Å². The number of aliphatic carboxylic acids is 1. The molecule has 13 heavy (non-hydrogen) atoms. The van der Waals surface area contributed by atoms with Gasteiger partial charge in [0.2, 0.25) is 0 Å². The third-order valence-electron chi connectivity index (χ3n) is 0.606. The Labute approximate surface area is 74.4 Å². The minimum atomic E-state index is -1.01. The van der Waals surface area contributed by atoms with Crippen molar-refractivity contribution in [2.45, 2.75) is 0 Å². The van der Waals surface area contributed by atoms with Gasteiger partial charge in [-0.3, -0.25) is 0 Å². The minimum Gasteiger partial charge on any atom is -0.502 e. The van der Waals surface area contributed by atoms with Crippen molar-refractivity contribution in [1.82, 2.24) is 0 Å². The molecule has 0 saturated carbocycles. The second-order valence-corrected chi connectivity index (χ2v) is 1.55. The van der Waals surface area contributed by atoms with E-state index in [0.717, 1.165) is 6.08 Å². The molecule has 6 nitrogen and oxygen atoms in total. The summed E-state index contributed by atoms with van der Waals surface area (Å²) in [6.07, 6.45) is 0.833. The van der Waals surface area contributed by atoms with Gasteiger partial charge in [-0.15, -0.1) is 0 Å². The lowest BCUT2D eigenvalue weighted by Crippen LogP contribution is -2.06. The van der Waals surface area contributed by atoms with Crippen molar-refractivity contribution < 1.29 is 29.6 Å². The maximum atomic E-state index is 10.0. The van der Waals surface area contributed by atoms with E-state index in [2.05, 4.69) is 17.9 Å². The number of carbonyl (C=O) groups excluding carboxylic acids is 1. The second-order valence-electron chi connectivity index (χ2n) is 1.55. The van der Waals surface area contributed by atoms with Gasteiger partial charge in [0, 0.05) is 6.08 Å². The normalized spacial score (nSPS) is 7.46. The first-order valence-electron chi connectivity index (χ1n) is 2.96. The van der Waals surface area contributed by atoms with Gasteiger partial charge in [0.05, 0.1) is 0 Å². The van der Waals surface area contributed by atoms with E-state index >= 15 is 0 Å². The summed E-state index contributed by atoms with van der Waals surface area (Å²) in [5, 5.41) is 23.7. The van der Waals surface area contributed by atoms with Gasteiger partial charge < -0.3 is 20.1 Å². The highest BCUT2D eigenvalue weighted by Crippen LogP contribution is 1.85. The summed E-state index contributed by atoms with van der Waals surface area (Å²) in [4.78, 5) is 19.3. The highest BCUT2D eigenvalue weighted by Gasteiger charge is 2.02. The lowest BCUT2D eigenvalue weighted by atomic mass is 10.6. The van der Waals surface area contributed by atoms with Crippen LogP contribution in [0.5, 0.6) is 0 Å². The number of hydrogen-bond acceptors (Lipinski definition) is 5. The number of rotatable bonds is 3. The number of hydrogen-bond donors (Lipinski definition) is 3. The summed E-state index contributed by atoms with van der Waals surface area (Å²) in [6, 6.07) is 0. The van der Waals surface area contributed by atoms with Gasteiger partial charge in [-0.25, -0.2) is 9.59 Å². The first-order chi connectivity index (χ1) is 5.95. The van der Waals surface area contributed by atoms with E-state index < -0.39 is 24.5 Å². The maximum Gasteiger partial charge on any atom is 0.374 e. The standard InChI is InChI=1S/C4H6O4.C3H4O2/c1-3(6)4(7)8-2-5;1-2-3(4)5/h5-6H,1-2H2;2H,1H2,(H,4,5). The number of carboxylic acid groups (broad SMARTS) is 1. The molecule has 0 saturated heterocycles. The second kappa shape index (κ2) is 8.28. The topological polar surface area (TPSA) is 104 Å². The summed E-state index contributed by atoms with van der Waals surface area (Å²) in [6.45, 7) is 5.07. The molecule has 0 aliphatic carbocycles. The number of esters is 1. The average Bonchev–Trinajstić information content (AvgIpc) is 2.06. The van der Waals surface area contributed by atoms with Gasteiger partial charge in [0.15, 0.2) is 12.6 Å². The number of carbonyl (C=O) groups is 2. The fourth-order valence-corrected chi connectivity index (χ4v) is 0.142. The molecule has 0 rings (SSSR count). The molecule has 0 aromatic carbocycles. The van der Waals surface area contributed by atoms with Crippen molar-refractivity contribution in [2.75, 3.05) is 6.79 Å². The Balaban J connectivity index is 0. The van der Waals surface area contributed by atoms with Crippen molar-refractivity contribution in [3.63, 3.8) is 0 Å². The molecule has 3 N–H and O–H groups in total. The first-order valence-corrected chi connectivity index (χ1v) is 2.96. The first kappa shape index (κ1) is 13.7. The van der Waals surface area contributed by atoms with E-state index in [1.807, 2.05) is 0 Å². The highest BCUT2D eigenvalue weighted by atomic mass is 16.6. The summed E-state index contributed by atoms with van der Waals surface area (Å²) in [5.74, 6) is -2.70. The van der Waals surface area contributed by atoms with E-state index in [0.29, 0.717) is 0 Å². The predicted molar refractivity (Wildman–Crippen MR) is 42.8 cm³/mol. The Morgan fingerprint density at radius 3 is 1.85 bits per heavy atom. The lowest BCUT2D eigenvalue weighted by Gasteiger charge is -1.94. The summed E-state index contributed by atoms with van der Waals surface area (Å²) in [7, 11) is 0. The fourth-order valence-electron chi connectivity index (χ4n) is 0.142. The maximum absolute atomic E-state index is 10.0. The molecule has 0 fully saturated rings. The van der Waals surface area contributed by atoms with Crippen molar-refractivity contribution in [3.8, 4) is 0 Å². The fraction of sp³-hybridized carbons (Fsp3) is 0.143. The molecule has 0 amide bonds. The predicted octanol–water partition coefficient (Wildman–Crippen LogP) is -0.192. The minimum absolute atomic E-state index is 0.709. The Morgan fingerprint density at radius 2 is 1.77 bits per heavy atom. The van der Waals surface area contributed by atoms with Gasteiger partial charge in [-0.05, 0) is 6.58 Å². The van der Waals surface area contributed by atoms with Crippen LogP contribution in [0.25, 0.3) is 0 Å². The zero-order valence-electron chi connectivity index (χ0n) is 6.77. The van der Waals surface area contributed by atoms with Crippen molar-refractivity contribution in [2.24, 2.45) is 0 Å². The molecular formula is C7H10O6.